The molecule has 2 rings (SSSR count). The number of nitriles is 1. The molecular weight excluding hydrogens is 428 g/mol. The van der Waals surface area contributed by atoms with E-state index in [1.807, 2.05) is 6.07 Å². The average Bonchev–Trinajstić information content (AvgIpc) is 2.85. The van der Waals surface area contributed by atoms with Crippen molar-refractivity contribution in [3.63, 3.8) is 0 Å². The fourth-order valence-corrected chi connectivity index (χ4v) is 2.81. The van der Waals surface area contributed by atoms with Gasteiger partial charge in [0.25, 0.3) is 5.91 Å². The Labute approximate surface area is 192 Å². The highest BCUT2D eigenvalue weighted by molar-refractivity contribution is 6.01. The van der Waals surface area contributed by atoms with Crippen LogP contribution in [0.1, 0.15) is 22.3 Å². The third-order valence-corrected chi connectivity index (χ3v) is 4.50. The Morgan fingerprint density at radius 3 is 2.24 bits per heavy atom. The van der Waals surface area contributed by atoms with E-state index in [2.05, 4.69) is 5.32 Å². The topological polar surface area (TPSA) is 116 Å². The minimum atomic E-state index is -0.620. The van der Waals surface area contributed by atoms with E-state index in [1.165, 1.54) is 39.5 Å². The van der Waals surface area contributed by atoms with Crippen molar-refractivity contribution in [3.8, 4) is 29.1 Å². The molecule has 0 heterocycles. The molecule has 2 aromatic rings. The number of methoxy groups -OCH3 is 4. The summed E-state index contributed by atoms with van der Waals surface area (Å²) >= 11 is 0. The van der Waals surface area contributed by atoms with E-state index in [-0.39, 0.29) is 22.6 Å². The molecule has 0 aliphatic carbocycles. The summed E-state index contributed by atoms with van der Waals surface area (Å²) in [5.41, 5.74) is 0.724. The van der Waals surface area contributed by atoms with Crippen LogP contribution in [0.5, 0.6) is 23.0 Å². The number of ether oxygens (including phenoxy) is 5. The van der Waals surface area contributed by atoms with E-state index in [1.54, 1.807) is 31.4 Å². The third kappa shape index (κ3) is 6.98. The lowest BCUT2D eigenvalue weighted by Gasteiger charge is -2.12. The van der Waals surface area contributed by atoms with Crippen molar-refractivity contribution in [2.75, 3.05) is 41.6 Å². The summed E-state index contributed by atoms with van der Waals surface area (Å²) in [6, 6.07) is 11.2. The number of carbonyl (C=O) groups excluding carboxylic acids is 2. The molecule has 0 aliphatic heterocycles. The van der Waals surface area contributed by atoms with Crippen LogP contribution in [0, 0.1) is 11.3 Å². The van der Waals surface area contributed by atoms with Crippen LogP contribution in [-0.2, 0) is 9.53 Å². The maximum atomic E-state index is 12.6. The number of amides is 1. The largest absolute Gasteiger partial charge is 0.493 e. The zero-order chi connectivity index (χ0) is 24.2. The second-order valence-electron chi connectivity index (χ2n) is 6.64. The van der Waals surface area contributed by atoms with Crippen molar-refractivity contribution in [2.24, 2.45) is 0 Å². The van der Waals surface area contributed by atoms with Gasteiger partial charge in [-0.05, 0) is 48.4 Å². The molecule has 174 valence electrons. The van der Waals surface area contributed by atoms with Crippen molar-refractivity contribution < 1.29 is 33.3 Å². The van der Waals surface area contributed by atoms with Crippen LogP contribution in [0.4, 0.5) is 0 Å². The molecule has 1 amide bonds. The molecule has 1 N–H and O–H groups in total. The molecule has 33 heavy (non-hydrogen) atoms. The van der Waals surface area contributed by atoms with Crippen molar-refractivity contribution in [2.45, 2.75) is 6.42 Å². The van der Waals surface area contributed by atoms with Crippen LogP contribution in [0.3, 0.4) is 0 Å². The molecular formula is C24H26N2O7. The van der Waals surface area contributed by atoms with Crippen LogP contribution in [0.15, 0.2) is 42.0 Å². The maximum absolute atomic E-state index is 12.6. The summed E-state index contributed by atoms with van der Waals surface area (Å²) in [6.45, 7) is 0.895. The van der Waals surface area contributed by atoms with Gasteiger partial charge in [0.1, 0.15) is 11.6 Å². The average molecular weight is 454 g/mol. The van der Waals surface area contributed by atoms with Crippen LogP contribution in [-0.4, -0.2) is 53.5 Å². The minimum Gasteiger partial charge on any atom is -0.493 e. The van der Waals surface area contributed by atoms with Gasteiger partial charge in [0.05, 0.1) is 26.9 Å². The molecule has 0 unspecified atom stereocenters. The van der Waals surface area contributed by atoms with Gasteiger partial charge in [0, 0.05) is 20.3 Å². The smallest absolute Gasteiger partial charge is 0.343 e. The zero-order valence-corrected chi connectivity index (χ0v) is 19.0. The first-order chi connectivity index (χ1) is 16.0. The molecule has 9 heteroatoms. The lowest BCUT2D eigenvalue weighted by molar-refractivity contribution is -0.117. The first kappa shape index (κ1) is 25.2. The van der Waals surface area contributed by atoms with Gasteiger partial charge < -0.3 is 29.0 Å². The van der Waals surface area contributed by atoms with Gasteiger partial charge in [-0.3, -0.25) is 4.79 Å². The number of nitrogens with zero attached hydrogens (tertiary/aromatic N) is 1. The Bertz CT molecular complexity index is 1060. The first-order valence-corrected chi connectivity index (χ1v) is 9.98. The summed E-state index contributed by atoms with van der Waals surface area (Å²) in [4.78, 5) is 24.8. The standard InChI is InChI=1S/C24H26N2O7/c1-29-11-5-10-26-23(27)18(15-25)12-16-6-8-20(21(13-16)31-3)33-24(28)17-7-9-19(30-2)22(14-17)32-4/h6-9,12-14H,5,10-11H2,1-4H3,(H,26,27)/b18-12+. The number of rotatable bonds is 11. The number of hydrogen-bond donors (Lipinski definition) is 1. The highest BCUT2D eigenvalue weighted by Crippen LogP contribution is 2.31. The van der Waals surface area contributed by atoms with Crippen LogP contribution < -0.4 is 24.3 Å². The van der Waals surface area contributed by atoms with Crippen molar-refractivity contribution >= 4 is 18.0 Å². The summed E-state index contributed by atoms with van der Waals surface area (Å²) < 4.78 is 26.1. The zero-order valence-electron chi connectivity index (χ0n) is 19.0. The Kier molecular flexibility index (Phi) is 9.74. The lowest BCUT2D eigenvalue weighted by Crippen LogP contribution is -2.26. The van der Waals surface area contributed by atoms with Crippen LogP contribution in [0.25, 0.3) is 6.08 Å². The minimum absolute atomic E-state index is 0.0652. The number of benzene rings is 2. The maximum Gasteiger partial charge on any atom is 0.343 e. The molecule has 0 saturated carbocycles. The molecule has 0 fully saturated rings. The van der Waals surface area contributed by atoms with Crippen molar-refractivity contribution in [1.29, 1.82) is 5.26 Å². The second kappa shape index (κ2) is 12.7. The van der Waals surface area contributed by atoms with E-state index in [0.717, 1.165) is 0 Å². The predicted molar refractivity (Wildman–Crippen MR) is 121 cm³/mol. The van der Waals surface area contributed by atoms with E-state index < -0.39 is 11.9 Å². The molecule has 0 radical (unpaired) electrons. The van der Waals surface area contributed by atoms with Crippen LogP contribution >= 0.6 is 0 Å². The Balaban J connectivity index is 2.18. The van der Waals surface area contributed by atoms with Crippen LogP contribution in [0.2, 0.25) is 0 Å². The highest BCUT2D eigenvalue weighted by Gasteiger charge is 2.16. The predicted octanol–water partition coefficient (Wildman–Crippen LogP) is 2.99. The van der Waals surface area contributed by atoms with Gasteiger partial charge >= 0.3 is 5.97 Å². The Morgan fingerprint density at radius 1 is 0.939 bits per heavy atom. The normalized spacial score (nSPS) is 10.7. The number of hydrogen-bond acceptors (Lipinski definition) is 8. The van der Waals surface area contributed by atoms with E-state index >= 15 is 0 Å². The van der Waals surface area contributed by atoms with E-state index in [9.17, 15) is 14.9 Å². The highest BCUT2D eigenvalue weighted by atomic mass is 16.6. The SMILES string of the molecule is COCCCNC(=O)/C(C#N)=C/c1ccc(OC(=O)c2ccc(OC)c(OC)c2)c(OC)c1. The first-order valence-electron chi connectivity index (χ1n) is 9.98. The summed E-state index contributed by atoms with van der Waals surface area (Å²) in [5.74, 6) is 0.206. The summed E-state index contributed by atoms with van der Waals surface area (Å²) in [5, 5.41) is 12.0. The number of esters is 1. The second-order valence-corrected chi connectivity index (χ2v) is 6.64. The van der Waals surface area contributed by atoms with Gasteiger partial charge in [0.15, 0.2) is 23.0 Å². The molecule has 0 bridgehead atoms. The molecule has 9 nitrogen and oxygen atoms in total. The summed E-state index contributed by atoms with van der Waals surface area (Å²) in [7, 11) is 5.96. The van der Waals surface area contributed by atoms with Gasteiger partial charge in [-0.1, -0.05) is 6.07 Å². The van der Waals surface area contributed by atoms with Gasteiger partial charge in [-0.2, -0.15) is 5.26 Å². The van der Waals surface area contributed by atoms with Gasteiger partial charge in [0.2, 0.25) is 0 Å². The monoisotopic (exact) mass is 454 g/mol. The number of carbonyl (C=O) groups is 2. The lowest BCUT2D eigenvalue weighted by atomic mass is 10.1. The van der Waals surface area contributed by atoms with E-state index in [0.29, 0.717) is 36.6 Å². The molecule has 2 aromatic carbocycles. The van der Waals surface area contributed by atoms with E-state index in [4.69, 9.17) is 23.7 Å². The number of nitrogens with one attached hydrogen (secondary N) is 1. The third-order valence-electron chi connectivity index (χ3n) is 4.50. The van der Waals surface area contributed by atoms with Crippen molar-refractivity contribution in [3.05, 3.63) is 53.1 Å². The Morgan fingerprint density at radius 2 is 1.61 bits per heavy atom. The van der Waals surface area contributed by atoms with Gasteiger partial charge in [-0.25, -0.2) is 4.79 Å². The molecule has 0 aromatic heterocycles. The molecule has 0 atom stereocenters. The molecule has 0 spiro atoms. The van der Waals surface area contributed by atoms with Gasteiger partial charge in [-0.15, -0.1) is 0 Å². The fourth-order valence-electron chi connectivity index (χ4n) is 2.81. The summed E-state index contributed by atoms with van der Waals surface area (Å²) in [6.07, 6.45) is 2.06. The Hall–Kier alpha value is -4.03. The fraction of sp³-hybridized carbons (Fsp3) is 0.292. The molecule has 0 aliphatic rings. The molecule has 0 saturated heterocycles. The van der Waals surface area contributed by atoms with Crippen molar-refractivity contribution in [1.82, 2.24) is 5.32 Å². The quantitative estimate of drug-likeness (QED) is 0.181.